The Morgan fingerprint density at radius 1 is 0.304 bits per heavy atom. The highest BCUT2D eigenvalue weighted by molar-refractivity contribution is 7.89. The number of aromatic nitrogens is 5. The van der Waals surface area contributed by atoms with Crippen LogP contribution < -0.4 is 28.4 Å². The molecule has 0 atom stereocenters. The molecule has 0 bridgehead atoms. The van der Waals surface area contributed by atoms with E-state index in [9.17, 15) is 32.4 Å². The van der Waals surface area contributed by atoms with Crippen LogP contribution in [0.15, 0.2) is 274 Å². The molecule has 0 fully saturated rings. The Morgan fingerprint density at radius 3 is 0.956 bits per heavy atom. The molecule has 17 aromatic rings. The summed E-state index contributed by atoms with van der Waals surface area (Å²) in [5.41, 5.74) is 17.2. The number of nitrogens with one attached hydrogen (secondary N) is 1. The Kier molecular flexibility index (Phi) is 33.8. The second kappa shape index (κ2) is 46.4. The molecule has 0 aliphatic heterocycles. The number of aryl methyl sites for hydroxylation is 10. The zero-order valence-corrected chi connectivity index (χ0v) is 79.3. The van der Waals surface area contributed by atoms with E-state index in [0.29, 0.717) is 46.1 Å². The number of hydrogen-bond donors (Lipinski definition) is 5. The third kappa shape index (κ3) is 26.8. The number of para-hydroxylation sites is 5. The number of aliphatic carboxylic acids is 4. The Morgan fingerprint density at radius 2 is 0.593 bits per heavy atom. The fraction of sp³-hybridized carbons (Fsp3) is 0.245. The number of carboxylic acid groups (broad SMARTS) is 4. The van der Waals surface area contributed by atoms with Gasteiger partial charge in [-0.25, -0.2) is 8.42 Å². The lowest BCUT2D eigenvalue weighted by Crippen LogP contribution is -2.30. The van der Waals surface area contributed by atoms with Gasteiger partial charge in [0.05, 0.1) is 71.3 Å². The molecule has 12 aromatic carbocycles. The SMILES string of the molecule is Cc1cc(OCCCn2cc(CC(=O)NS(C)(=O)=O)c3ccccc32)cc(C)c1Cl.Cc1cc(OCCCn2cc(CC(=O)O)c3ccccc32)cc(C)c1Cl.Cc1cc(OCCn2cc(CC(=O)O)c3ccccc32)cc(C)c1C.O=C(O)Cc1cn(CCCOc2ccc3ccccc3c2)c2ccccc12.O=C(O)Cc1cn(CCCOc2cccc3ccccc23)c2ccccc12. The van der Waals surface area contributed by atoms with Crippen LogP contribution in [0.4, 0.5) is 0 Å². The Hall–Kier alpha value is -14.3. The highest BCUT2D eigenvalue weighted by Crippen LogP contribution is 2.34. The van der Waals surface area contributed by atoms with Crippen molar-refractivity contribution in [2.45, 2.75) is 139 Å². The second-order valence-electron chi connectivity index (χ2n) is 33.6. The van der Waals surface area contributed by atoms with Crippen LogP contribution in [0, 0.1) is 48.5 Å². The molecule has 698 valence electrons. The molecule has 22 nitrogen and oxygen atoms in total. The number of nitrogens with zero attached hydrogens (tertiary/aromatic N) is 5. The highest BCUT2D eigenvalue weighted by Gasteiger charge is 2.20. The van der Waals surface area contributed by atoms with Crippen molar-refractivity contribution in [1.82, 2.24) is 27.6 Å². The summed E-state index contributed by atoms with van der Waals surface area (Å²) in [4.78, 5) is 56.4. The monoisotopic (exact) mass is 1870 g/mol. The van der Waals surface area contributed by atoms with Crippen molar-refractivity contribution in [3.8, 4) is 28.7 Å². The summed E-state index contributed by atoms with van der Waals surface area (Å²) in [7, 11) is -3.57. The van der Waals surface area contributed by atoms with E-state index in [1.807, 2.05) is 251 Å². The molecule has 0 radical (unpaired) electrons. The molecule has 25 heteroatoms. The zero-order valence-electron chi connectivity index (χ0n) is 77.0. The molecule has 0 aliphatic rings. The average molecular weight is 1880 g/mol. The van der Waals surface area contributed by atoms with Gasteiger partial charge in [0.25, 0.3) is 0 Å². The number of halogens is 2. The topological polar surface area (TPSA) is 283 Å². The number of amides is 1. The summed E-state index contributed by atoms with van der Waals surface area (Å²) in [5, 5.41) is 47.6. The van der Waals surface area contributed by atoms with E-state index in [0.717, 1.165) is 200 Å². The Bertz CT molecular complexity index is 7150. The van der Waals surface area contributed by atoms with Crippen LogP contribution in [0.25, 0.3) is 76.1 Å². The van der Waals surface area contributed by atoms with Crippen LogP contribution in [0.5, 0.6) is 28.7 Å². The van der Waals surface area contributed by atoms with Gasteiger partial charge < -0.3 is 66.9 Å². The molecule has 0 saturated carbocycles. The number of ether oxygens (including phenoxy) is 5. The molecule has 0 aliphatic carbocycles. The molecule has 5 N–H and O–H groups in total. The van der Waals surface area contributed by atoms with Gasteiger partial charge in [-0.15, -0.1) is 0 Å². The Balaban J connectivity index is 0.000000143. The fourth-order valence-electron chi connectivity index (χ4n) is 16.9. The zero-order chi connectivity index (χ0) is 95.8. The molecule has 0 spiro atoms. The van der Waals surface area contributed by atoms with E-state index >= 15 is 0 Å². The summed E-state index contributed by atoms with van der Waals surface area (Å²) < 4.78 is 64.7. The van der Waals surface area contributed by atoms with E-state index < -0.39 is 39.8 Å². The first-order valence-electron chi connectivity index (χ1n) is 44.9. The number of benzene rings is 12. The van der Waals surface area contributed by atoms with Gasteiger partial charge in [0.2, 0.25) is 15.9 Å². The smallest absolute Gasteiger partial charge is 0.307 e. The summed E-state index contributed by atoms with van der Waals surface area (Å²) >= 11 is 12.4. The van der Waals surface area contributed by atoms with E-state index in [1.165, 1.54) is 32.8 Å². The fourth-order valence-corrected chi connectivity index (χ4v) is 17.6. The van der Waals surface area contributed by atoms with Gasteiger partial charge in [0, 0.05) is 127 Å². The lowest BCUT2D eigenvalue weighted by atomic mass is 10.0. The van der Waals surface area contributed by atoms with Gasteiger partial charge in [-0.3, -0.25) is 28.7 Å². The van der Waals surface area contributed by atoms with Crippen molar-refractivity contribution in [1.29, 1.82) is 0 Å². The van der Waals surface area contributed by atoms with Gasteiger partial charge in [0.15, 0.2) is 0 Å². The van der Waals surface area contributed by atoms with Gasteiger partial charge in [-0.2, -0.15) is 0 Å². The van der Waals surface area contributed by atoms with Crippen molar-refractivity contribution >= 4 is 139 Å². The molecule has 135 heavy (non-hydrogen) atoms. The minimum atomic E-state index is -3.57. The van der Waals surface area contributed by atoms with Crippen LogP contribution in [0.2, 0.25) is 10.0 Å². The maximum absolute atomic E-state index is 12.0. The van der Waals surface area contributed by atoms with Crippen molar-refractivity contribution in [3.63, 3.8) is 0 Å². The second-order valence-corrected chi connectivity index (χ2v) is 36.2. The van der Waals surface area contributed by atoms with Crippen molar-refractivity contribution < 1.29 is 76.5 Å². The maximum atomic E-state index is 12.0. The van der Waals surface area contributed by atoms with Crippen LogP contribution in [-0.2, 0) is 98.8 Å². The molecule has 0 saturated heterocycles. The molecule has 0 unspecified atom stereocenters. The minimum absolute atomic E-state index is 0.000409. The number of rotatable bonds is 35. The molecular weight excluding hydrogens is 1760 g/mol. The molecule has 5 heterocycles. The van der Waals surface area contributed by atoms with E-state index in [1.54, 1.807) is 0 Å². The normalized spacial score (nSPS) is 11.2. The van der Waals surface area contributed by atoms with Crippen LogP contribution in [0.1, 0.15) is 92.4 Å². The molecule has 1 amide bonds. The predicted molar refractivity (Wildman–Crippen MR) is 538 cm³/mol. The largest absolute Gasteiger partial charge is 0.494 e. The van der Waals surface area contributed by atoms with Crippen LogP contribution >= 0.6 is 23.2 Å². The number of fused-ring (bicyclic) bond motifs is 7. The number of carbonyl (C=O) groups excluding carboxylic acids is 1. The number of sulfonamides is 1. The Labute approximate surface area is 795 Å². The summed E-state index contributed by atoms with van der Waals surface area (Å²) in [6.07, 6.45) is 14.1. The number of carbonyl (C=O) groups is 5. The van der Waals surface area contributed by atoms with E-state index in [2.05, 4.69) is 98.2 Å². The number of hydrogen-bond acceptors (Lipinski definition) is 12. The number of carboxylic acids is 4. The standard InChI is InChI=1S/2C23H21NO3.C22H25ClN2O4S.C21H22ClNO3.C21H23NO3/c25-23(26)15-18-16-24(21-11-4-3-9-19(18)21)13-6-14-27-22-12-5-8-17-7-1-2-10-20(17)22;25-23(26)15-19-16-24(22-9-4-3-8-21(19)22)12-5-13-27-20-11-10-17-6-1-2-7-18(17)14-20;1-15-11-18(12-16(2)22(15)23)29-10-6-9-25-14-17(13-21(26)24-30(3,27)28)19-7-4-5-8-20(19)25;1-14-10-17(11-15(2)21(14)22)26-9-5-8-23-13-16(12-20(24)25)18-6-3-4-7-19(18)23;1-14-10-18(11-15(2)16(14)3)25-9-8-22-13-17(12-21(23)24)19-6-4-5-7-20(19)22/h1-5,7-12,16H,6,13-15H2,(H,25,26);1-4,6-11,14,16H,5,12-13,15H2,(H,25,26);4-5,7-8,11-12,14H,6,9-10,13H2,1-3H3,(H,24,26);3-4,6-7,10-11,13H,5,8-9,12H2,1-2H3,(H,24,25);4-7,10-11,13H,8-9,12H2,1-3H3,(H,23,24). The average Bonchev–Trinajstić information content (AvgIpc) is 1.67. The van der Waals surface area contributed by atoms with Gasteiger partial charge >= 0.3 is 23.9 Å². The summed E-state index contributed by atoms with van der Waals surface area (Å²) in [6.45, 7) is 20.7. The first kappa shape index (κ1) is 98.2. The van der Waals surface area contributed by atoms with Crippen molar-refractivity contribution in [2.24, 2.45) is 0 Å². The first-order valence-corrected chi connectivity index (χ1v) is 47.6. The minimum Gasteiger partial charge on any atom is -0.494 e. The lowest BCUT2D eigenvalue weighted by Gasteiger charge is -2.12. The van der Waals surface area contributed by atoms with Gasteiger partial charge in [-0.1, -0.05) is 181 Å². The van der Waals surface area contributed by atoms with Gasteiger partial charge in [0.1, 0.15) is 35.4 Å². The quantitative estimate of drug-likeness (QED) is 0.0231. The van der Waals surface area contributed by atoms with Crippen LogP contribution in [-0.4, -0.2) is 121 Å². The van der Waals surface area contributed by atoms with E-state index in [4.69, 9.17) is 67.3 Å². The third-order valence-corrected chi connectivity index (χ3v) is 25.2. The summed E-state index contributed by atoms with van der Waals surface area (Å²) in [6, 6.07) is 80.0. The first-order chi connectivity index (χ1) is 65.0. The third-order valence-electron chi connectivity index (χ3n) is 23.4. The van der Waals surface area contributed by atoms with Crippen molar-refractivity contribution in [3.05, 3.63) is 350 Å². The van der Waals surface area contributed by atoms with Gasteiger partial charge in [-0.05, 0) is 242 Å². The summed E-state index contributed by atoms with van der Waals surface area (Å²) in [5.74, 6) is 0.483. The molecule has 5 aromatic heterocycles. The lowest BCUT2D eigenvalue weighted by molar-refractivity contribution is -0.137. The van der Waals surface area contributed by atoms with E-state index in [-0.39, 0.29) is 32.1 Å². The maximum Gasteiger partial charge on any atom is 0.307 e. The highest BCUT2D eigenvalue weighted by atomic mass is 35.5. The van der Waals surface area contributed by atoms with Crippen LogP contribution in [0.3, 0.4) is 0 Å². The molecule has 17 rings (SSSR count). The predicted octanol–water partition coefficient (Wildman–Crippen LogP) is 23.1. The molecular formula is C110H112Cl2N6O16S. The van der Waals surface area contributed by atoms with Crippen molar-refractivity contribution in [2.75, 3.05) is 39.3 Å².